The topological polar surface area (TPSA) is 12.5 Å². The van der Waals surface area contributed by atoms with Crippen LogP contribution >= 0.6 is 0 Å². The molecule has 120 valence electrons. The molecule has 0 spiro atoms. The molecule has 0 aromatic heterocycles. The number of rotatable bonds is 4. The zero-order chi connectivity index (χ0) is 16.3. The number of ether oxygens (including phenoxy) is 1. The van der Waals surface area contributed by atoms with Gasteiger partial charge in [-0.2, -0.15) is 0 Å². The molecule has 0 radical (unpaired) electrons. The molecule has 0 aliphatic carbocycles. The van der Waals surface area contributed by atoms with Gasteiger partial charge in [-0.25, -0.2) is 0 Å². The molecular weight excluding hydrogens is 282 g/mol. The van der Waals surface area contributed by atoms with Crippen molar-refractivity contribution in [1.29, 1.82) is 0 Å². The van der Waals surface area contributed by atoms with Gasteiger partial charge in [-0.05, 0) is 36.1 Å². The van der Waals surface area contributed by atoms with E-state index in [1.54, 1.807) is 0 Å². The lowest BCUT2D eigenvalue weighted by molar-refractivity contribution is -0.0857. The first kappa shape index (κ1) is 16.0. The number of benzene rings is 2. The second-order valence-corrected chi connectivity index (χ2v) is 6.44. The van der Waals surface area contributed by atoms with Gasteiger partial charge in [-0.1, -0.05) is 61.2 Å². The van der Waals surface area contributed by atoms with Gasteiger partial charge in [-0.15, -0.1) is 0 Å². The minimum absolute atomic E-state index is 0.411. The number of morpholine rings is 1. The van der Waals surface area contributed by atoms with Crippen LogP contribution in [-0.2, 0) is 16.9 Å². The summed E-state index contributed by atoms with van der Waals surface area (Å²) in [4.78, 5) is 2.45. The molecule has 2 aromatic rings. The van der Waals surface area contributed by atoms with Gasteiger partial charge in [-0.3, -0.25) is 4.90 Å². The fraction of sp³-hybridized carbons (Fsp3) is 0.333. The maximum absolute atomic E-state index is 6.20. The molecule has 0 N–H and O–H groups in total. The first-order valence-corrected chi connectivity index (χ1v) is 8.24. The Balaban J connectivity index is 1.84. The van der Waals surface area contributed by atoms with E-state index in [9.17, 15) is 0 Å². The number of aryl methyl sites for hydroxylation is 2. The molecule has 2 aromatic carbocycles. The fourth-order valence-electron chi connectivity index (χ4n) is 3.21. The van der Waals surface area contributed by atoms with Crippen LogP contribution in [0.3, 0.4) is 0 Å². The van der Waals surface area contributed by atoms with E-state index in [1.165, 1.54) is 22.3 Å². The second kappa shape index (κ2) is 6.69. The highest BCUT2D eigenvalue weighted by atomic mass is 16.5. The highest BCUT2D eigenvalue weighted by Gasteiger charge is 2.35. The van der Waals surface area contributed by atoms with Crippen molar-refractivity contribution < 1.29 is 4.74 Å². The van der Waals surface area contributed by atoms with Crippen LogP contribution in [0.2, 0.25) is 0 Å². The van der Waals surface area contributed by atoms with E-state index < -0.39 is 5.60 Å². The summed E-state index contributed by atoms with van der Waals surface area (Å²) < 4.78 is 6.20. The fourth-order valence-corrected chi connectivity index (χ4v) is 3.21. The maximum atomic E-state index is 6.20. The van der Waals surface area contributed by atoms with Crippen molar-refractivity contribution >= 4 is 0 Å². The Labute approximate surface area is 139 Å². The van der Waals surface area contributed by atoms with Gasteiger partial charge in [0, 0.05) is 19.6 Å². The summed E-state index contributed by atoms with van der Waals surface area (Å²) >= 11 is 0. The Bertz CT molecular complexity index is 679. The van der Waals surface area contributed by atoms with Crippen LogP contribution in [0.5, 0.6) is 0 Å². The third-order valence-electron chi connectivity index (χ3n) is 4.80. The lowest BCUT2D eigenvalue weighted by atomic mass is 9.89. The van der Waals surface area contributed by atoms with Crippen LogP contribution in [0.15, 0.2) is 61.2 Å². The normalized spacial score (nSPS) is 22.0. The summed E-state index contributed by atoms with van der Waals surface area (Å²) in [5, 5.41) is 0. The van der Waals surface area contributed by atoms with Crippen LogP contribution in [0.1, 0.15) is 22.3 Å². The Hall–Kier alpha value is -1.90. The van der Waals surface area contributed by atoms with Crippen LogP contribution in [0.25, 0.3) is 0 Å². The smallest absolute Gasteiger partial charge is 0.124 e. The minimum atomic E-state index is -0.411. The van der Waals surface area contributed by atoms with Gasteiger partial charge in [0.1, 0.15) is 5.60 Å². The van der Waals surface area contributed by atoms with Crippen molar-refractivity contribution in [3.05, 3.63) is 83.4 Å². The highest BCUT2D eigenvalue weighted by Crippen LogP contribution is 2.32. The van der Waals surface area contributed by atoms with Gasteiger partial charge in [0.2, 0.25) is 0 Å². The molecule has 1 aliphatic rings. The minimum Gasteiger partial charge on any atom is -0.363 e. The number of nitrogens with zero attached hydrogens (tertiary/aromatic N) is 1. The maximum Gasteiger partial charge on any atom is 0.124 e. The summed E-state index contributed by atoms with van der Waals surface area (Å²) in [6, 6.07) is 17.2. The lowest BCUT2D eigenvalue weighted by Crippen LogP contribution is -2.48. The summed E-state index contributed by atoms with van der Waals surface area (Å²) in [5.41, 5.74) is 4.74. The molecule has 2 nitrogen and oxygen atoms in total. The summed E-state index contributed by atoms with van der Waals surface area (Å²) in [5.74, 6) is 0. The Morgan fingerprint density at radius 1 is 1.13 bits per heavy atom. The molecule has 1 heterocycles. The third kappa shape index (κ3) is 3.39. The quantitative estimate of drug-likeness (QED) is 0.784. The van der Waals surface area contributed by atoms with Crippen molar-refractivity contribution in [2.45, 2.75) is 26.0 Å². The van der Waals surface area contributed by atoms with Crippen molar-refractivity contribution in [3.8, 4) is 0 Å². The van der Waals surface area contributed by atoms with Crippen LogP contribution in [0.4, 0.5) is 0 Å². The van der Waals surface area contributed by atoms with Crippen LogP contribution < -0.4 is 0 Å². The highest BCUT2D eigenvalue weighted by molar-refractivity contribution is 5.36. The SMILES string of the molecule is C=CC1(c2ccc(C)c(C)c2)CN(Cc2ccccc2)CCO1. The third-order valence-corrected chi connectivity index (χ3v) is 4.80. The molecule has 1 fully saturated rings. The Morgan fingerprint density at radius 3 is 2.61 bits per heavy atom. The zero-order valence-electron chi connectivity index (χ0n) is 14.1. The van der Waals surface area contributed by atoms with Gasteiger partial charge < -0.3 is 4.74 Å². The largest absolute Gasteiger partial charge is 0.363 e. The first-order chi connectivity index (χ1) is 11.1. The van der Waals surface area contributed by atoms with Gasteiger partial charge in [0.25, 0.3) is 0 Å². The summed E-state index contributed by atoms with van der Waals surface area (Å²) in [7, 11) is 0. The predicted octanol–water partition coefficient (Wildman–Crippen LogP) is 4.22. The van der Waals surface area contributed by atoms with Crippen LogP contribution in [0, 0.1) is 13.8 Å². The molecule has 23 heavy (non-hydrogen) atoms. The second-order valence-electron chi connectivity index (χ2n) is 6.44. The van der Waals surface area contributed by atoms with E-state index in [1.807, 2.05) is 6.08 Å². The van der Waals surface area contributed by atoms with E-state index >= 15 is 0 Å². The summed E-state index contributed by atoms with van der Waals surface area (Å²) in [6.45, 7) is 11.8. The zero-order valence-corrected chi connectivity index (χ0v) is 14.1. The van der Waals surface area contributed by atoms with E-state index in [0.717, 1.165) is 26.2 Å². The number of hydrogen-bond acceptors (Lipinski definition) is 2. The number of hydrogen-bond donors (Lipinski definition) is 0. The molecule has 0 saturated carbocycles. The lowest BCUT2D eigenvalue weighted by Gasteiger charge is -2.41. The average molecular weight is 307 g/mol. The van der Waals surface area contributed by atoms with Crippen molar-refractivity contribution in [1.82, 2.24) is 4.90 Å². The Kier molecular flexibility index (Phi) is 4.65. The monoisotopic (exact) mass is 307 g/mol. The molecule has 0 amide bonds. The molecule has 0 bridgehead atoms. The molecule has 1 saturated heterocycles. The predicted molar refractivity (Wildman–Crippen MR) is 95.5 cm³/mol. The molecule has 2 heteroatoms. The van der Waals surface area contributed by atoms with E-state index in [4.69, 9.17) is 4.74 Å². The molecule has 1 aliphatic heterocycles. The van der Waals surface area contributed by atoms with Crippen LogP contribution in [-0.4, -0.2) is 24.6 Å². The first-order valence-electron chi connectivity index (χ1n) is 8.24. The van der Waals surface area contributed by atoms with E-state index in [-0.39, 0.29) is 0 Å². The molecular formula is C21H25NO. The standard InChI is InChI=1S/C21H25NO/c1-4-21(20-11-10-17(2)18(3)14-20)16-22(12-13-23-21)15-19-8-6-5-7-9-19/h4-11,14H,1,12-13,15-16H2,2-3H3. The van der Waals surface area contributed by atoms with E-state index in [0.29, 0.717) is 0 Å². The van der Waals surface area contributed by atoms with Crippen molar-refractivity contribution in [2.75, 3.05) is 19.7 Å². The van der Waals surface area contributed by atoms with Gasteiger partial charge in [0.15, 0.2) is 0 Å². The van der Waals surface area contributed by atoms with Crippen molar-refractivity contribution in [2.24, 2.45) is 0 Å². The molecule has 3 rings (SSSR count). The Morgan fingerprint density at radius 2 is 1.91 bits per heavy atom. The van der Waals surface area contributed by atoms with Gasteiger partial charge in [0.05, 0.1) is 6.61 Å². The molecule has 1 atom stereocenters. The van der Waals surface area contributed by atoms with Gasteiger partial charge >= 0.3 is 0 Å². The summed E-state index contributed by atoms with van der Waals surface area (Å²) in [6.07, 6.45) is 1.97. The van der Waals surface area contributed by atoms with E-state index in [2.05, 4.69) is 73.9 Å². The van der Waals surface area contributed by atoms with Crippen molar-refractivity contribution in [3.63, 3.8) is 0 Å². The average Bonchev–Trinajstić information content (AvgIpc) is 2.58. The molecule has 1 unspecified atom stereocenters.